The highest BCUT2D eigenvalue weighted by Gasteiger charge is 2.42. The van der Waals surface area contributed by atoms with Gasteiger partial charge in [0.05, 0.1) is 5.41 Å². The SMILES string of the molecule is NCC1(C(=O)NCc2ccc(Br)cc2)CCC1. The Bertz CT molecular complexity index is 393. The predicted octanol–water partition coefficient (Wildman–Crippen LogP) is 2.19. The summed E-state index contributed by atoms with van der Waals surface area (Å²) < 4.78 is 1.05. The lowest BCUT2D eigenvalue weighted by Crippen LogP contribution is -2.50. The fraction of sp³-hybridized carbons (Fsp3) is 0.462. The van der Waals surface area contributed by atoms with Gasteiger partial charge in [0, 0.05) is 17.6 Å². The van der Waals surface area contributed by atoms with E-state index in [2.05, 4.69) is 21.2 Å². The molecule has 92 valence electrons. The van der Waals surface area contributed by atoms with Crippen LogP contribution in [0, 0.1) is 5.41 Å². The van der Waals surface area contributed by atoms with Crippen LogP contribution in [-0.4, -0.2) is 12.5 Å². The summed E-state index contributed by atoms with van der Waals surface area (Å²) in [5.41, 5.74) is 6.51. The largest absolute Gasteiger partial charge is 0.352 e. The molecular weight excluding hydrogens is 280 g/mol. The van der Waals surface area contributed by atoms with E-state index in [0.717, 1.165) is 29.3 Å². The summed E-state index contributed by atoms with van der Waals surface area (Å²) in [6.07, 6.45) is 2.97. The van der Waals surface area contributed by atoms with Crippen LogP contribution in [0.3, 0.4) is 0 Å². The molecule has 1 aliphatic carbocycles. The zero-order valence-electron chi connectivity index (χ0n) is 9.71. The van der Waals surface area contributed by atoms with Crippen molar-refractivity contribution in [3.05, 3.63) is 34.3 Å². The first-order valence-electron chi connectivity index (χ1n) is 5.89. The first kappa shape index (κ1) is 12.6. The molecule has 3 N–H and O–H groups in total. The smallest absolute Gasteiger partial charge is 0.227 e. The van der Waals surface area contributed by atoms with Crippen LogP contribution in [0.5, 0.6) is 0 Å². The second kappa shape index (κ2) is 5.19. The van der Waals surface area contributed by atoms with E-state index in [1.54, 1.807) is 0 Å². The van der Waals surface area contributed by atoms with Gasteiger partial charge in [0.15, 0.2) is 0 Å². The van der Waals surface area contributed by atoms with Crippen LogP contribution in [0.25, 0.3) is 0 Å². The van der Waals surface area contributed by atoms with E-state index >= 15 is 0 Å². The summed E-state index contributed by atoms with van der Waals surface area (Å²) in [5.74, 6) is 0.106. The third kappa shape index (κ3) is 2.69. The van der Waals surface area contributed by atoms with E-state index in [1.165, 1.54) is 0 Å². The van der Waals surface area contributed by atoms with E-state index in [1.807, 2.05) is 24.3 Å². The molecule has 4 heteroatoms. The van der Waals surface area contributed by atoms with Crippen molar-refractivity contribution in [2.75, 3.05) is 6.54 Å². The number of nitrogens with two attached hydrogens (primary N) is 1. The van der Waals surface area contributed by atoms with Crippen LogP contribution < -0.4 is 11.1 Å². The first-order chi connectivity index (χ1) is 8.16. The molecule has 2 rings (SSSR count). The number of carbonyl (C=O) groups excluding carboxylic acids is 1. The van der Waals surface area contributed by atoms with Gasteiger partial charge in [0.1, 0.15) is 0 Å². The van der Waals surface area contributed by atoms with Crippen molar-refractivity contribution in [3.63, 3.8) is 0 Å². The van der Waals surface area contributed by atoms with E-state index < -0.39 is 0 Å². The molecule has 1 fully saturated rings. The Morgan fingerprint density at radius 1 is 1.35 bits per heavy atom. The maximum absolute atomic E-state index is 12.0. The lowest BCUT2D eigenvalue weighted by Gasteiger charge is -2.39. The van der Waals surface area contributed by atoms with Gasteiger partial charge in [-0.05, 0) is 30.5 Å². The summed E-state index contributed by atoms with van der Waals surface area (Å²) in [7, 11) is 0. The van der Waals surface area contributed by atoms with Gasteiger partial charge in [-0.15, -0.1) is 0 Å². The maximum Gasteiger partial charge on any atom is 0.227 e. The van der Waals surface area contributed by atoms with Crippen LogP contribution in [0.1, 0.15) is 24.8 Å². The minimum Gasteiger partial charge on any atom is -0.352 e. The minimum absolute atomic E-state index is 0.106. The Morgan fingerprint density at radius 2 is 2.00 bits per heavy atom. The van der Waals surface area contributed by atoms with Crippen LogP contribution in [-0.2, 0) is 11.3 Å². The van der Waals surface area contributed by atoms with Crippen molar-refractivity contribution in [2.24, 2.45) is 11.1 Å². The summed E-state index contributed by atoms with van der Waals surface area (Å²) in [6, 6.07) is 7.95. The molecule has 0 saturated heterocycles. The molecule has 1 aromatic carbocycles. The van der Waals surface area contributed by atoms with Gasteiger partial charge in [0.2, 0.25) is 5.91 Å². The molecule has 0 heterocycles. The summed E-state index contributed by atoms with van der Waals surface area (Å²) in [4.78, 5) is 12.0. The normalized spacial score (nSPS) is 17.3. The van der Waals surface area contributed by atoms with Crippen LogP contribution in [0.2, 0.25) is 0 Å². The average molecular weight is 297 g/mol. The Labute approximate surface area is 110 Å². The molecule has 1 aromatic rings. The highest BCUT2D eigenvalue weighted by Crippen LogP contribution is 2.40. The molecule has 0 aliphatic heterocycles. The van der Waals surface area contributed by atoms with Gasteiger partial charge in [-0.1, -0.05) is 34.5 Å². The number of hydrogen-bond donors (Lipinski definition) is 2. The van der Waals surface area contributed by atoms with Crippen LogP contribution >= 0.6 is 15.9 Å². The standard InChI is InChI=1S/C13H17BrN2O/c14-11-4-2-10(3-5-11)8-16-12(17)13(9-15)6-1-7-13/h2-5H,1,6-9,15H2,(H,16,17). The zero-order chi connectivity index (χ0) is 12.3. The Morgan fingerprint density at radius 3 is 2.47 bits per heavy atom. The summed E-state index contributed by atoms with van der Waals surface area (Å²) in [5, 5.41) is 2.98. The number of rotatable bonds is 4. The molecule has 1 aliphatic rings. The fourth-order valence-corrected chi connectivity index (χ4v) is 2.36. The minimum atomic E-state index is -0.282. The molecule has 17 heavy (non-hydrogen) atoms. The van der Waals surface area contributed by atoms with Gasteiger partial charge < -0.3 is 11.1 Å². The van der Waals surface area contributed by atoms with Crippen molar-refractivity contribution < 1.29 is 4.79 Å². The molecule has 3 nitrogen and oxygen atoms in total. The number of benzene rings is 1. The molecule has 0 atom stereocenters. The summed E-state index contributed by atoms with van der Waals surface area (Å²) in [6.45, 7) is 1.03. The molecule has 1 saturated carbocycles. The van der Waals surface area contributed by atoms with Crippen LogP contribution in [0.15, 0.2) is 28.7 Å². The van der Waals surface area contributed by atoms with E-state index in [9.17, 15) is 4.79 Å². The van der Waals surface area contributed by atoms with Crippen molar-refractivity contribution in [1.29, 1.82) is 0 Å². The predicted molar refractivity (Wildman–Crippen MR) is 71.3 cm³/mol. The number of hydrogen-bond acceptors (Lipinski definition) is 2. The lowest BCUT2D eigenvalue weighted by molar-refractivity contribution is -0.135. The van der Waals surface area contributed by atoms with E-state index in [0.29, 0.717) is 13.1 Å². The van der Waals surface area contributed by atoms with Crippen LogP contribution in [0.4, 0.5) is 0 Å². The van der Waals surface area contributed by atoms with Gasteiger partial charge in [-0.2, -0.15) is 0 Å². The molecule has 0 radical (unpaired) electrons. The Balaban J connectivity index is 1.90. The maximum atomic E-state index is 12.0. The monoisotopic (exact) mass is 296 g/mol. The Kier molecular flexibility index (Phi) is 3.84. The Hall–Kier alpha value is -0.870. The molecule has 0 aromatic heterocycles. The molecule has 0 spiro atoms. The quantitative estimate of drug-likeness (QED) is 0.895. The number of carbonyl (C=O) groups is 1. The lowest BCUT2D eigenvalue weighted by atomic mass is 9.68. The number of halogens is 1. The zero-order valence-corrected chi connectivity index (χ0v) is 11.3. The topological polar surface area (TPSA) is 55.1 Å². The van der Waals surface area contributed by atoms with E-state index in [4.69, 9.17) is 5.73 Å². The number of nitrogens with one attached hydrogen (secondary N) is 1. The molecule has 0 unspecified atom stereocenters. The van der Waals surface area contributed by atoms with Gasteiger partial charge in [0.25, 0.3) is 0 Å². The van der Waals surface area contributed by atoms with Gasteiger partial charge in [-0.3, -0.25) is 4.79 Å². The van der Waals surface area contributed by atoms with Crippen molar-refractivity contribution in [1.82, 2.24) is 5.32 Å². The highest BCUT2D eigenvalue weighted by molar-refractivity contribution is 9.10. The molecule has 1 amide bonds. The van der Waals surface area contributed by atoms with Crippen molar-refractivity contribution in [3.8, 4) is 0 Å². The third-order valence-electron chi connectivity index (χ3n) is 3.55. The molecule has 0 bridgehead atoms. The van der Waals surface area contributed by atoms with Crippen molar-refractivity contribution >= 4 is 21.8 Å². The van der Waals surface area contributed by atoms with Gasteiger partial charge in [-0.25, -0.2) is 0 Å². The fourth-order valence-electron chi connectivity index (χ4n) is 2.10. The second-order valence-electron chi connectivity index (χ2n) is 4.65. The molecular formula is C13H17BrN2O. The van der Waals surface area contributed by atoms with E-state index in [-0.39, 0.29) is 11.3 Å². The van der Waals surface area contributed by atoms with Crippen molar-refractivity contribution in [2.45, 2.75) is 25.8 Å². The average Bonchev–Trinajstić information content (AvgIpc) is 2.27. The third-order valence-corrected chi connectivity index (χ3v) is 4.08. The summed E-state index contributed by atoms with van der Waals surface area (Å²) >= 11 is 3.38. The van der Waals surface area contributed by atoms with Gasteiger partial charge >= 0.3 is 0 Å². The highest BCUT2D eigenvalue weighted by atomic mass is 79.9. The first-order valence-corrected chi connectivity index (χ1v) is 6.68. The second-order valence-corrected chi connectivity index (χ2v) is 5.56. The number of amides is 1.